The van der Waals surface area contributed by atoms with Crippen LogP contribution >= 0.6 is 50.5 Å². The molecule has 2 aliphatic heterocycles. The van der Waals surface area contributed by atoms with Crippen LogP contribution in [0.15, 0.2) is 45.4 Å². The fourth-order valence-corrected chi connectivity index (χ4v) is 7.41. The number of rotatable bonds is 8. The SMILES string of the molecule is O[C@H](CC1CC2(OCc3c(-c4c(Cl)cccc4Cl)noc3C3CC3)CN12)c1nc2ccc(Br)cc2s1. The number of benzene rings is 2. The van der Waals surface area contributed by atoms with Gasteiger partial charge in [0.05, 0.1) is 26.9 Å². The highest BCUT2D eigenvalue weighted by Gasteiger charge is 2.66. The van der Waals surface area contributed by atoms with Crippen molar-refractivity contribution >= 4 is 60.7 Å². The molecule has 0 radical (unpaired) electrons. The van der Waals surface area contributed by atoms with E-state index < -0.39 is 6.10 Å². The smallest absolute Gasteiger partial charge is 0.145 e. The molecule has 6 nitrogen and oxygen atoms in total. The van der Waals surface area contributed by atoms with Gasteiger partial charge in [0, 0.05) is 40.5 Å². The van der Waals surface area contributed by atoms with E-state index in [0.29, 0.717) is 40.2 Å². The van der Waals surface area contributed by atoms with Crippen LogP contribution in [-0.2, 0) is 11.3 Å². The predicted molar refractivity (Wildman–Crippen MR) is 143 cm³/mol. The molecule has 2 aromatic heterocycles. The van der Waals surface area contributed by atoms with Gasteiger partial charge in [0.2, 0.25) is 0 Å². The van der Waals surface area contributed by atoms with Crippen LogP contribution in [0.25, 0.3) is 21.5 Å². The van der Waals surface area contributed by atoms with Gasteiger partial charge < -0.3 is 14.4 Å². The van der Waals surface area contributed by atoms with Crippen molar-refractivity contribution in [3.63, 3.8) is 0 Å². The van der Waals surface area contributed by atoms with Gasteiger partial charge >= 0.3 is 0 Å². The van der Waals surface area contributed by atoms with Crippen molar-refractivity contribution in [2.45, 2.75) is 56.1 Å². The summed E-state index contributed by atoms with van der Waals surface area (Å²) in [6.45, 7) is 1.26. The van der Waals surface area contributed by atoms with Gasteiger partial charge in [-0.3, -0.25) is 4.90 Å². The molecule has 1 aliphatic carbocycles. The number of fused-ring (bicyclic) bond motifs is 2. The van der Waals surface area contributed by atoms with Crippen LogP contribution in [0.3, 0.4) is 0 Å². The standard InChI is InChI=1S/C26H22BrCl2N3O3S/c27-14-6-7-19-21(8-14)36-25(30-19)20(33)9-15-10-26(12-32(15)26)34-11-16-23(31-35-24(16)13-4-5-13)22-17(28)2-1-3-18(22)29/h1-3,6-8,13,15,20,33H,4-5,9-12H2/t15?,20-,26?,32?/m1/s1. The van der Waals surface area contributed by atoms with Gasteiger partial charge in [0.15, 0.2) is 0 Å². The third-order valence-electron chi connectivity index (χ3n) is 7.43. The van der Waals surface area contributed by atoms with Gasteiger partial charge in [-0.15, -0.1) is 11.3 Å². The second-order valence-electron chi connectivity index (χ2n) is 9.88. The number of aliphatic hydroxyl groups is 1. The van der Waals surface area contributed by atoms with Gasteiger partial charge in [0.1, 0.15) is 28.3 Å². The lowest BCUT2D eigenvalue weighted by Gasteiger charge is -2.36. The second-order valence-corrected chi connectivity index (χ2v) is 12.7. The average Bonchev–Trinajstić information content (AvgIpc) is 3.68. The Morgan fingerprint density at radius 1 is 1.25 bits per heavy atom. The Morgan fingerprint density at radius 2 is 2.06 bits per heavy atom. The van der Waals surface area contributed by atoms with E-state index in [-0.39, 0.29) is 11.8 Å². The average molecular weight is 607 g/mol. The molecule has 1 saturated carbocycles. The molecule has 4 heterocycles. The molecule has 4 atom stereocenters. The van der Waals surface area contributed by atoms with Crippen LogP contribution < -0.4 is 0 Å². The number of hydrogen-bond acceptors (Lipinski definition) is 7. The second kappa shape index (κ2) is 8.76. The van der Waals surface area contributed by atoms with E-state index in [4.69, 9.17) is 32.5 Å². The van der Waals surface area contributed by atoms with Crippen LogP contribution in [0.4, 0.5) is 0 Å². The highest BCUT2D eigenvalue weighted by molar-refractivity contribution is 9.10. The van der Waals surface area contributed by atoms with Gasteiger partial charge in [0.25, 0.3) is 0 Å². The summed E-state index contributed by atoms with van der Waals surface area (Å²) in [6.07, 6.45) is 3.13. The van der Waals surface area contributed by atoms with Crippen molar-refractivity contribution in [1.82, 2.24) is 15.0 Å². The van der Waals surface area contributed by atoms with Crippen molar-refractivity contribution in [3.8, 4) is 11.3 Å². The molecule has 7 rings (SSSR count). The van der Waals surface area contributed by atoms with E-state index in [1.165, 1.54) is 0 Å². The summed E-state index contributed by atoms with van der Waals surface area (Å²) in [4.78, 5) is 6.95. The van der Waals surface area contributed by atoms with Crippen molar-refractivity contribution in [2.75, 3.05) is 6.54 Å². The highest BCUT2D eigenvalue weighted by Crippen LogP contribution is 2.55. The number of hydrogen-bond donors (Lipinski definition) is 1. The van der Waals surface area contributed by atoms with Crippen molar-refractivity contribution < 1.29 is 14.4 Å². The van der Waals surface area contributed by atoms with E-state index >= 15 is 0 Å². The largest absolute Gasteiger partial charge is 0.386 e. The molecule has 36 heavy (non-hydrogen) atoms. The van der Waals surface area contributed by atoms with Gasteiger partial charge in [-0.25, -0.2) is 4.98 Å². The van der Waals surface area contributed by atoms with Crippen LogP contribution in [0.1, 0.15) is 54.0 Å². The molecule has 0 amide bonds. The molecule has 10 heteroatoms. The number of aromatic nitrogens is 2. The van der Waals surface area contributed by atoms with Crippen LogP contribution in [0.5, 0.6) is 0 Å². The molecule has 0 spiro atoms. The van der Waals surface area contributed by atoms with Gasteiger partial charge in [-0.1, -0.05) is 50.4 Å². The topological polar surface area (TPSA) is 71.4 Å². The number of ether oxygens (including phenoxy) is 1. The maximum atomic E-state index is 10.9. The zero-order valence-electron chi connectivity index (χ0n) is 19.1. The Morgan fingerprint density at radius 3 is 2.81 bits per heavy atom. The Kier molecular flexibility index (Phi) is 5.74. The summed E-state index contributed by atoms with van der Waals surface area (Å²) in [6, 6.07) is 11.7. The lowest BCUT2D eigenvalue weighted by atomic mass is 9.97. The van der Waals surface area contributed by atoms with Crippen LogP contribution in [0, 0.1) is 0 Å². The quantitative estimate of drug-likeness (QED) is 0.212. The summed E-state index contributed by atoms with van der Waals surface area (Å²) in [5.41, 5.74) is 2.97. The number of thiazole rings is 1. The minimum Gasteiger partial charge on any atom is -0.386 e. The number of nitrogens with zero attached hydrogens (tertiary/aromatic N) is 3. The van der Waals surface area contributed by atoms with Crippen LogP contribution in [0.2, 0.25) is 10.0 Å². The lowest BCUT2D eigenvalue weighted by Crippen LogP contribution is -2.44. The molecule has 2 aromatic carbocycles. The zero-order chi connectivity index (χ0) is 24.6. The summed E-state index contributed by atoms with van der Waals surface area (Å²) in [5.74, 6) is 1.27. The van der Waals surface area contributed by atoms with E-state index in [1.54, 1.807) is 11.3 Å². The number of halogens is 3. The maximum absolute atomic E-state index is 10.9. The molecule has 1 N–H and O–H groups in total. The van der Waals surface area contributed by atoms with Crippen molar-refractivity contribution in [1.29, 1.82) is 0 Å². The molecular weight excluding hydrogens is 585 g/mol. The molecule has 0 bridgehead atoms. The van der Waals surface area contributed by atoms with E-state index in [9.17, 15) is 5.11 Å². The summed E-state index contributed by atoms with van der Waals surface area (Å²) >= 11 is 18.0. The fraction of sp³-hybridized carbons (Fsp3) is 0.385. The first kappa shape index (κ1) is 23.6. The van der Waals surface area contributed by atoms with E-state index in [1.807, 2.05) is 36.4 Å². The Hall–Kier alpha value is -1.52. The first-order valence-electron chi connectivity index (χ1n) is 12.0. The van der Waals surface area contributed by atoms with Gasteiger partial charge in [-0.05, 0) is 49.6 Å². The highest BCUT2D eigenvalue weighted by atomic mass is 79.9. The summed E-state index contributed by atoms with van der Waals surface area (Å²) < 4.78 is 14.3. The minimum absolute atomic E-state index is 0.261. The molecule has 2 saturated heterocycles. The van der Waals surface area contributed by atoms with Gasteiger partial charge in [-0.2, -0.15) is 0 Å². The first-order valence-corrected chi connectivity index (χ1v) is 14.4. The molecule has 3 unspecified atom stereocenters. The molecule has 3 fully saturated rings. The Bertz CT molecular complexity index is 1470. The first-order chi connectivity index (χ1) is 17.4. The summed E-state index contributed by atoms with van der Waals surface area (Å²) in [7, 11) is 0. The normalized spacial score (nSPS) is 25.6. The molecule has 4 aromatic rings. The van der Waals surface area contributed by atoms with Crippen LogP contribution in [-0.4, -0.2) is 38.5 Å². The predicted octanol–water partition coefficient (Wildman–Crippen LogP) is 7.32. The minimum atomic E-state index is -0.585. The lowest BCUT2D eigenvalue weighted by molar-refractivity contribution is -0.100. The third-order valence-corrected chi connectivity index (χ3v) is 9.67. The van der Waals surface area contributed by atoms with E-state index in [0.717, 1.165) is 56.8 Å². The van der Waals surface area contributed by atoms with E-state index in [2.05, 4.69) is 31.0 Å². The molecule has 186 valence electrons. The number of aliphatic hydroxyl groups excluding tert-OH is 1. The fourth-order valence-electron chi connectivity index (χ4n) is 5.31. The Balaban J connectivity index is 1.04. The van der Waals surface area contributed by atoms with Crippen molar-refractivity contribution in [3.05, 3.63) is 67.2 Å². The maximum Gasteiger partial charge on any atom is 0.145 e. The zero-order valence-corrected chi connectivity index (χ0v) is 23.0. The van der Waals surface area contributed by atoms with Crippen molar-refractivity contribution in [2.24, 2.45) is 0 Å². The summed E-state index contributed by atoms with van der Waals surface area (Å²) in [5, 5.41) is 17.1. The Labute approximate surface area is 230 Å². The molecule has 3 aliphatic rings. The molecular formula is C26H22BrCl2N3O3S. The third kappa shape index (κ3) is 4.02. The monoisotopic (exact) mass is 605 g/mol.